The van der Waals surface area contributed by atoms with Crippen molar-refractivity contribution < 1.29 is 14.7 Å². The minimum Gasteiger partial charge on any atom is -0.475 e. The normalized spacial score (nSPS) is 10.6. The van der Waals surface area contributed by atoms with Gasteiger partial charge < -0.3 is 9.51 Å². The van der Waals surface area contributed by atoms with Crippen molar-refractivity contribution in [3.05, 3.63) is 35.9 Å². The van der Waals surface area contributed by atoms with E-state index in [1.165, 1.54) is 0 Å². The molecule has 0 unspecified atom stereocenters. The highest BCUT2D eigenvalue weighted by Crippen LogP contribution is 2.14. The van der Waals surface area contributed by atoms with Gasteiger partial charge in [0.05, 0.1) is 5.52 Å². The van der Waals surface area contributed by atoms with E-state index in [0.717, 1.165) is 0 Å². The molecule has 16 heavy (non-hydrogen) atoms. The van der Waals surface area contributed by atoms with Crippen molar-refractivity contribution in [1.29, 1.82) is 0 Å². The van der Waals surface area contributed by atoms with E-state index in [2.05, 4.69) is 4.98 Å². The van der Waals surface area contributed by atoms with E-state index in [1.807, 2.05) is 13.0 Å². The summed E-state index contributed by atoms with van der Waals surface area (Å²) in [6.07, 6.45) is 2.40. The number of fused-ring (bicyclic) bond motifs is 1. The SMILES string of the molecule is CCc1nc(C(=O)C(=O)O)c2ccccn12. The summed E-state index contributed by atoms with van der Waals surface area (Å²) in [6.45, 7) is 1.90. The Kier molecular flexibility index (Phi) is 2.44. The Morgan fingerprint density at radius 2 is 2.19 bits per heavy atom. The number of ketones is 1. The molecule has 82 valence electrons. The lowest BCUT2D eigenvalue weighted by Gasteiger charge is -1.95. The van der Waals surface area contributed by atoms with Crippen LogP contribution in [0.25, 0.3) is 5.52 Å². The van der Waals surface area contributed by atoms with Gasteiger partial charge in [-0.1, -0.05) is 13.0 Å². The molecule has 0 radical (unpaired) electrons. The number of hydrogen-bond donors (Lipinski definition) is 1. The van der Waals surface area contributed by atoms with Gasteiger partial charge in [0.25, 0.3) is 5.78 Å². The van der Waals surface area contributed by atoms with Crippen LogP contribution >= 0.6 is 0 Å². The zero-order valence-corrected chi connectivity index (χ0v) is 8.67. The topological polar surface area (TPSA) is 71.7 Å². The maximum absolute atomic E-state index is 11.4. The average molecular weight is 218 g/mol. The van der Waals surface area contributed by atoms with Crippen molar-refractivity contribution in [2.24, 2.45) is 0 Å². The first-order valence-electron chi connectivity index (χ1n) is 4.88. The lowest BCUT2D eigenvalue weighted by atomic mass is 10.2. The molecular formula is C11H10N2O3. The van der Waals surface area contributed by atoms with Gasteiger partial charge in [0.15, 0.2) is 0 Å². The molecule has 2 aromatic rings. The van der Waals surface area contributed by atoms with E-state index >= 15 is 0 Å². The summed E-state index contributed by atoms with van der Waals surface area (Å²) in [7, 11) is 0. The second-order valence-corrected chi connectivity index (χ2v) is 3.32. The van der Waals surface area contributed by atoms with Crippen molar-refractivity contribution >= 4 is 17.3 Å². The summed E-state index contributed by atoms with van der Waals surface area (Å²) >= 11 is 0. The number of imidazole rings is 1. The Balaban J connectivity index is 2.71. The number of carboxylic acid groups (broad SMARTS) is 1. The average Bonchev–Trinajstić information content (AvgIpc) is 2.66. The van der Waals surface area contributed by atoms with Crippen LogP contribution in [0, 0.1) is 0 Å². The van der Waals surface area contributed by atoms with Gasteiger partial charge in [-0.25, -0.2) is 9.78 Å². The number of aromatic nitrogens is 2. The predicted molar refractivity (Wildman–Crippen MR) is 56.5 cm³/mol. The molecule has 0 spiro atoms. The highest BCUT2D eigenvalue weighted by atomic mass is 16.4. The number of hydrogen-bond acceptors (Lipinski definition) is 3. The van der Waals surface area contributed by atoms with Gasteiger partial charge in [-0.05, 0) is 12.1 Å². The van der Waals surface area contributed by atoms with E-state index in [1.54, 1.807) is 22.7 Å². The molecule has 0 atom stereocenters. The molecular weight excluding hydrogens is 208 g/mol. The molecule has 1 N–H and O–H groups in total. The molecule has 0 bridgehead atoms. The lowest BCUT2D eigenvalue weighted by molar-refractivity contribution is -0.131. The monoisotopic (exact) mass is 218 g/mol. The summed E-state index contributed by atoms with van der Waals surface area (Å²) in [6, 6.07) is 5.24. The van der Waals surface area contributed by atoms with Crippen LogP contribution in [-0.2, 0) is 11.2 Å². The summed E-state index contributed by atoms with van der Waals surface area (Å²) in [4.78, 5) is 26.1. The smallest absolute Gasteiger partial charge is 0.379 e. The summed E-state index contributed by atoms with van der Waals surface area (Å²) in [5.41, 5.74) is 0.539. The molecule has 2 heterocycles. The van der Waals surface area contributed by atoms with Gasteiger partial charge in [-0.3, -0.25) is 4.79 Å². The first kappa shape index (κ1) is 10.4. The third-order valence-electron chi connectivity index (χ3n) is 2.35. The highest BCUT2D eigenvalue weighted by Gasteiger charge is 2.21. The van der Waals surface area contributed by atoms with Crippen LogP contribution < -0.4 is 0 Å². The highest BCUT2D eigenvalue weighted by molar-refractivity contribution is 6.40. The number of Topliss-reactive ketones (excluding diaryl/α,β-unsaturated/α-hetero) is 1. The predicted octanol–water partition coefficient (Wildman–Crippen LogP) is 1.16. The van der Waals surface area contributed by atoms with Gasteiger partial charge in [-0.15, -0.1) is 0 Å². The molecule has 0 saturated heterocycles. The second-order valence-electron chi connectivity index (χ2n) is 3.32. The Morgan fingerprint density at radius 3 is 2.81 bits per heavy atom. The maximum atomic E-state index is 11.4. The molecule has 0 aliphatic rings. The number of carboxylic acids is 1. The molecule has 5 nitrogen and oxygen atoms in total. The van der Waals surface area contributed by atoms with E-state index in [9.17, 15) is 9.59 Å². The number of carbonyl (C=O) groups excluding carboxylic acids is 1. The van der Waals surface area contributed by atoms with Gasteiger partial charge >= 0.3 is 5.97 Å². The summed E-state index contributed by atoms with van der Waals surface area (Å²) < 4.78 is 1.73. The second kappa shape index (κ2) is 3.77. The molecule has 0 saturated carbocycles. The van der Waals surface area contributed by atoms with Crippen LogP contribution in [-0.4, -0.2) is 26.2 Å². The molecule has 0 aromatic carbocycles. The van der Waals surface area contributed by atoms with E-state index < -0.39 is 11.8 Å². The Morgan fingerprint density at radius 1 is 1.44 bits per heavy atom. The van der Waals surface area contributed by atoms with E-state index in [4.69, 9.17) is 5.11 Å². The third kappa shape index (κ3) is 1.46. The standard InChI is InChI=1S/C11H10N2O3/c1-2-8-12-9(10(14)11(15)16)7-5-3-4-6-13(7)8/h3-6H,2H2,1H3,(H,15,16). The minimum absolute atomic E-state index is 0.00458. The largest absolute Gasteiger partial charge is 0.475 e. The quantitative estimate of drug-likeness (QED) is 0.620. The van der Waals surface area contributed by atoms with Crippen molar-refractivity contribution in [1.82, 2.24) is 9.38 Å². The van der Waals surface area contributed by atoms with Gasteiger partial charge in [0, 0.05) is 12.6 Å². The number of nitrogens with zero attached hydrogens (tertiary/aromatic N) is 2. The number of rotatable bonds is 3. The van der Waals surface area contributed by atoms with Crippen LogP contribution in [0.1, 0.15) is 23.2 Å². The summed E-state index contributed by atoms with van der Waals surface area (Å²) in [5, 5.41) is 8.68. The van der Waals surface area contributed by atoms with Crippen molar-refractivity contribution in [3.8, 4) is 0 Å². The van der Waals surface area contributed by atoms with Crippen LogP contribution in [0.15, 0.2) is 24.4 Å². The number of aliphatic carboxylic acids is 1. The third-order valence-corrected chi connectivity index (χ3v) is 2.35. The number of pyridine rings is 1. The van der Waals surface area contributed by atoms with Crippen LogP contribution in [0.5, 0.6) is 0 Å². The Hall–Kier alpha value is -2.17. The molecule has 0 aliphatic carbocycles. The zero-order chi connectivity index (χ0) is 11.7. The van der Waals surface area contributed by atoms with Crippen LogP contribution in [0.2, 0.25) is 0 Å². The Labute approximate surface area is 91.3 Å². The van der Waals surface area contributed by atoms with E-state index in [0.29, 0.717) is 17.8 Å². The fourth-order valence-corrected chi connectivity index (χ4v) is 1.62. The molecule has 0 fully saturated rings. The van der Waals surface area contributed by atoms with Gasteiger partial charge in [-0.2, -0.15) is 0 Å². The molecule has 2 rings (SSSR count). The van der Waals surface area contributed by atoms with Gasteiger partial charge in [0.2, 0.25) is 0 Å². The minimum atomic E-state index is -1.48. The molecule has 2 aromatic heterocycles. The first-order valence-corrected chi connectivity index (χ1v) is 4.88. The van der Waals surface area contributed by atoms with Crippen LogP contribution in [0.3, 0.4) is 0 Å². The maximum Gasteiger partial charge on any atom is 0.379 e. The molecule has 0 amide bonds. The number of carbonyl (C=O) groups is 2. The fourth-order valence-electron chi connectivity index (χ4n) is 1.62. The van der Waals surface area contributed by atoms with Crippen LogP contribution in [0.4, 0.5) is 0 Å². The first-order chi connectivity index (χ1) is 7.65. The van der Waals surface area contributed by atoms with E-state index in [-0.39, 0.29) is 5.69 Å². The van der Waals surface area contributed by atoms with Crippen molar-refractivity contribution in [2.75, 3.05) is 0 Å². The van der Waals surface area contributed by atoms with Gasteiger partial charge in [0.1, 0.15) is 11.5 Å². The Bertz CT molecular complexity index is 572. The molecule has 0 aliphatic heterocycles. The van der Waals surface area contributed by atoms with Crippen molar-refractivity contribution in [2.45, 2.75) is 13.3 Å². The summed E-state index contributed by atoms with van der Waals surface area (Å²) in [5.74, 6) is -1.77. The number of aryl methyl sites for hydroxylation is 1. The lowest BCUT2D eigenvalue weighted by Crippen LogP contribution is -2.13. The fraction of sp³-hybridized carbons (Fsp3) is 0.182. The van der Waals surface area contributed by atoms with Crippen molar-refractivity contribution in [3.63, 3.8) is 0 Å². The molecule has 5 heteroatoms. The zero-order valence-electron chi connectivity index (χ0n) is 8.67.